The molecule has 0 amide bonds. The lowest BCUT2D eigenvalue weighted by Crippen LogP contribution is -2.11. The van der Waals surface area contributed by atoms with Crippen LogP contribution in [0.1, 0.15) is 0 Å². The van der Waals surface area contributed by atoms with Gasteiger partial charge in [-0.05, 0) is 23.9 Å². The van der Waals surface area contributed by atoms with Crippen molar-refractivity contribution >= 4 is 23.4 Å². The summed E-state index contributed by atoms with van der Waals surface area (Å²) >= 11 is 6.90. The van der Waals surface area contributed by atoms with Crippen molar-refractivity contribution < 1.29 is 4.42 Å². The maximum atomic E-state index is 5.90. The topological polar surface area (TPSA) is 95.7 Å². The molecule has 3 rings (SSSR count). The van der Waals surface area contributed by atoms with Crippen molar-refractivity contribution in [3.8, 4) is 11.6 Å². The highest BCUT2D eigenvalue weighted by molar-refractivity contribution is 7.99. The van der Waals surface area contributed by atoms with Crippen molar-refractivity contribution in [1.29, 1.82) is 0 Å². The number of furan rings is 1. The molecule has 19 heavy (non-hydrogen) atoms. The Labute approximate surface area is 116 Å². The molecule has 9 heteroatoms. The fourth-order valence-corrected chi connectivity index (χ4v) is 2.09. The molecule has 0 atom stereocenters. The summed E-state index contributed by atoms with van der Waals surface area (Å²) in [7, 11) is 0. The molecule has 0 bridgehead atoms. The zero-order valence-corrected chi connectivity index (χ0v) is 11.0. The third-order valence-corrected chi connectivity index (χ3v) is 3.23. The first kappa shape index (κ1) is 12.0. The van der Waals surface area contributed by atoms with E-state index in [1.54, 1.807) is 18.4 Å². The van der Waals surface area contributed by atoms with Gasteiger partial charge in [0.1, 0.15) is 0 Å². The Kier molecular flexibility index (Phi) is 3.10. The van der Waals surface area contributed by atoms with E-state index in [2.05, 4.69) is 20.2 Å². The maximum Gasteiger partial charge on any atom is 0.218 e. The number of nitrogens with zero attached hydrogens (tertiary/aromatic N) is 5. The van der Waals surface area contributed by atoms with Crippen LogP contribution in [-0.4, -0.2) is 24.8 Å². The van der Waals surface area contributed by atoms with E-state index in [0.29, 0.717) is 26.9 Å². The van der Waals surface area contributed by atoms with Crippen LogP contribution in [0.2, 0.25) is 5.02 Å². The van der Waals surface area contributed by atoms with Gasteiger partial charge in [0.05, 0.1) is 23.7 Å². The van der Waals surface area contributed by atoms with Crippen LogP contribution in [0.15, 0.2) is 45.5 Å². The van der Waals surface area contributed by atoms with Crippen molar-refractivity contribution in [3.63, 3.8) is 0 Å². The summed E-state index contributed by atoms with van der Waals surface area (Å²) in [6.45, 7) is 0. The molecule has 0 spiro atoms. The zero-order valence-electron chi connectivity index (χ0n) is 9.39. The van der Waals surface area contributed by atoms with Gasteiger partial charge in [-0.25, -0.2) is 14.6 Å². The van der Waals surface area contributed by atoms with Gasteiger partial charge in [-0.1, -0.05) is 11.6 Å². The van der Waals surface area contributed by atoms with Crippen molar-refractivity contribution in [2.45, 2.75) is 10.3 Å². The van der Waals surface area contributed by atoms with E-state index in [1.165, 1.54) is 28.8 Å². The number of rotatable bonds is 3. The number of hydrogen-bond acceptors (Lipinski definition) is 7. The molecule has 96 valence electrons. The standard InChI is InChI=1S/C10H7ClN6OS/c11-6-4-13-9(14-5-6)19-10-16-15-8(17(10)12)7-2-1-3-18-7/h1-5H,12H2. The third kappa shape index (κ3) is 2.40. The third-order valence-electron chi connectivity index (χ3n) is 2.19. The molecule has 3 aromatic heterocycles. The van der Waals surface area contributed by atoms with Crippen molar-refractivity contribution in [2.75, 3.05) is 5.84 Å². The average Bonchev–Trinajstić information content (AvgIpc) is 3.03. The molecule has 3 heterocycles. The van der Waals surface area contributed by atoms with Gasteiger partial charge in [-0.15, -0.1) is 10.2 Å². The highest BCUT2D eigenvalue weighted by Gasteiger charge is 2.15. The number of nitrogens with two attached hydrogens (primary N) is 1. The van der Waals surface area contributed by atoms with Gasteiger partial charge in [0.25, 0.3) is 0 Å². The van der Waals surface area contributed by atoms with Crippen LogP contribution in [0.3, 0.4) is 0 Å². The summed E-state index contributed by atoms with van der Waals surface area (Å²) in [4.78, 5) is 8.09. The zero-order chi connectivity index (χ0) is 13.2. The molecular formula is C10H7ClN6OS. The SMILES string of the molecule is Nn1c(Sc2ncc(Cl)cn2)nnc1-c1ccco1. The predicted molar refractivity (Wildman–Crippen MR) is 69.0 cm³/mol. The van der Waals surface area contributed by atoms with E-state index in [0.717, 1.165) is 0 Å². The fourth-order valence-electron chi connectivity index (χ4n) is 1.36. The van der Waals surface area contributed by atoms with Gasteiger partial charge >= 0.3 is 0 Å². The van der Waals surface area contributed by atoms with Gasteiger partial charge in [-0.3, -0.25) is 0 Å². The van der Waals surface area contributed by atoms with E-state index >= 15 is 0 Å². The number of aromatic nitrogens is 5. The van der Waals surface area contributed by atoms with E-state index in [9.17, 15) is 0 Å². The Morgan fingerprint density at radius 1 is 1.26 bits per heavy atom. The Balaban J connectivity index is 1.88. The molecule has 0 radical (unpaired) electrons. The smallest absolute Gasteiger partial charge is 0.218 e. The average molecular weight is 295 g/mol. The molecular weight excluding hydrogens is 288 g/mol. The first-order valence-electron chi connectivity index (χ1n) is 5.14. The van der Waals surface area contributed by atoms with Gasteiger partial charge in [-0.2, -0.15) is 0 Å². The molecule has 0 aliphatic rings. The monoisotopic (exact) mass is 294 g/mol. The van der Waals surface area contributed by atoms with Crippen molar-refractivity contribution in [1.82, 2.24) is 24.8 Å². The highest BCUT2D eigenvalue weighted by atomic mass is 35.5. The van der Waals surface area contributed by atoms with Gasteiger partial charge < -0.3 is 10.3 Å². The Hall–Kier alpha value is -2.06. The first-order valence-corrected chi connectivity index (χ1v) is 6.33. The molecule has 2 N–H and O–H groups in total. The molecule has 7 nitrogen and oxygen atoms in total. The number of nitrogen functional groups attached to an aromatic ring is 1. The van der Waals surface area contributed by atoms with E-state index in [1.807, 2.05) is 0 Å². The number of hydrogen-bond donors (Lipinski definition) is 1. The molecule has 0 saturated carbocycles. The van der Waals surface area contributed by atoms with Crippen LogP contribution in [0.5, 0.6) is 0 Å². The maximum absolute atomic E-state index is 5.90. The Morgan fingerprint density at radius 2 is 2.05 bits per heavy atom. The minimum Gasteiger partial charge on any atom is -0.461 e. The summed E-state index contributed by atoms with van der Waals surface area (Å²) in [5.41, 5.74) is 0. The largest absolute Gasteiger partial charge is 0.461 e. The predicted octanol–water partition coefficient (Wildman–Crippen LogP) is 1.85. The van der Waals surface area contributed by atoms with Crippen LogP contribution in [0, 0.1) is 0 Å². The second kappa shape index (κ2) is 4.90. The fraction of sp³-hybridized carbons (Fsp3) is 0. The second-order valence-corrected chi connectivity index (χ2v) is 4.81. The molecule has 0 aliphatic heterocycles. The lowest BCUT2D eigenvalue weighted by atomic mass is 10.4. The quantitative estimate of drug-likeness (QED) is 0.581. The molecule has 3 aromatic rings. The summed E-state index contributed by atoms with van der Waals surface area (Å²) in [5.74, 6) is 6.87. The van der Waals surface area contributed by atoms with Crippen LogP contribution in [0.25, 0.3) is 11.6 Å². The normalized spacial score (nSPS) is 10.8. The van der Waals surface area contributed by atoms with E-state index in [-0.39, 0.29) is 0 Å². The van der Waals surface area contributed by atoms with Crippen molar-refractivity contribution in [2.24, 2.45) is 0 Å². The molecule has 0 fully saturated rings. The van der Waals surface area contributed by atoms with Gasteiger partial charge in [0, 0.05) is 0 Å². The lowest BCUT2D eigenvalue weighted by Gasteiger charge is -2.00. The summed E-state index contributed by atoms with van der Waals surface area (Å²) in [6.07, 6.45) is 4.54. The minimum absolute atomic E-state index is 0.432. The molecule has 0 aliphatic carbocycles. The van der Waals surface area contributed by atoms with Gasteiger partial charge in [0.2, 0.25) is 11.0 Å². The van der Waals surface area contributed by atoms with Crippen LogP contribution in [-0.2, 0) is 0 Å². The first-order chi connectivity index (χ1) is 9.24. The van der Waals surface area contributed by atoms with Crippen LogP contribution < -0.4 is 5.84 Å². The summed E-state index contributed by atoms with van der Waals surface area (Å²) in [5, 5.41) is 9.33. The lowest BCUT2D eigenvalue weighted by molar-refractivity contribution is 0.574. The molecule has 0 aromatic carbocycles. The molecule has 0 saturated heterocycles. The van der Waals surface area contributed by atoms with Crippen LogP contribution in [0.4, 0.5) is 0 Å². The summed E-state index contributed by atoms with van der Waals surface area (Å²) in [6, 6.07) is 3.50. The number of halogens is 1. The minimum atomic E-state index is 0.432. The highest BCUT2D eigenvalue weighted by Crippen LogP contribution is 2.25. The Morgan fingerprint density at radius 3 is 2.74 bits per heavy atom. The second-order valence-electron chi connectivity index (χ2n) is 3.44. The summed E-state index contributed by atoms with van der Waals surface area (Å²) < 4.78 is 6.54. The Bertz CT molecular complexity index is 681. The van der Waals surface area contributed by atoms with Crippen molar-refractivity contribution in [3.05, 3.63) is 35.8 Å². The molecule has 0 unspecified atom stereocenters. The van der Waals surface area contributed by atoms with E-state index in [4.69, 9.17) is 21.9 Å². The van der Waals surface area contributed by atoms with E-state index < -0.39 is 0 Å². The van der Waals surface area contributed by atoms with Gasteiger partial charge in [0.15, 0.2) is 10.9 Å². The van der Waals surface area contributed by atoms with Crippen LogP contribution >= 0.6 is 23.4 Å².